The topological polar surface area (TPSA) is 64.2 Å². The summed E-state index contributed by atoms with van der Waals surface area (Å²) in [5, 5.41) is 7.33. The molecule has 23 heavy (non-hydrogen) atoms. The van der Waals surface area contributed by atoms with Gasteiger partial charge < -0.3 is 4.90 Å². The van der Waals surface area contributed by atoms with E-state index in [9.17, 15) is 0 Å². The van der Waals surface area contributed by atoms with E-state index in [0.717, 1.165) is 63.1 Å². The molecule has 0 spiro atoms. The third kappa shape index (κ3) is 3.20. The lowest BCUT2D eigenvalue weighted by Gasteiger charge is -2.48. The highest BCUT2D eigenvalue weighted by Gasteiger charge is 2.33. The van der Waals surface area contributed by atoms with Crippen LogP contribution in [0.5, 0.6) is 0 Å². The number of rotatable bonds is 4. The quantitative estimate of drug-likeness (QED) is 0.887. The van der Waals surface area contributed by atoms with Crippen LogP contribution in [0.4, 0.5) is 5.95 Å². The van der Waals surface area contributed by atoms with E-state index in [4.69, 9.17) is 0 Å². The molecule has 2 aliphatic heterocycles. The minimum Gasteiger partial charge on any atom is -0.338 e. The summed E-state index contributed by atoms with van der Waals surface area (Å²) >= 11 is 0. The molecule has 7 nitrogen and oxygen atoms in total. The van der Waals surface area contributed by atoms with Crippen LogP contribution in [0.3, 0.4) is 0 Å². The smallest absolute Gasteiger partial charge is 0.225 e. The molecule has 122 valence electrons. The Balaban J connectivity index is 1.23. The number of aryl methyl sites for hydroxylation is 1. The van der Waals surface area contributed by atoms with Gasteiger partial charge in [-0.2, -0.15) is 5.10 Å². The second kappa shape index (κ2) is 6.25. The Morgan fingerprint density at radius 1 is 1.13 bits per heavy atom. The fraction of sp³-hybridized carbons (Fsp3) is 0.562. The van der Waals surface area contributed by atoms with Crippen molar-refractivity contribution in [3.8, 4) is 0 Å². The second-order valence-electron chi connectivity index (χ2n) is 6.46. The molecule has 0 atom stereocenters. The van der Waals surface area contributed by atoms with E-state index in [-0.39, 0.29) is 0 Å². The lowest BCUT2D eigenvalue weighted by Crippen LogP contribution is -2.62. The highest BCUT2D eigenvalue weighted by Crippen LogP contribution is 2.20. The van der Waals surface area contributed by atoms with Crippen LogP contribution in [0.2, 0.25) is 0 Å². The molecule has 0 aromatic carbocycles. The van der Waals surface area contributed by atoms with Gasteiger partial charge in [-0.15, -0.1) is 0 Å². The van der Waals surface area contributed by atoms with Gasteiger partial charge in [0.25, 0.3) is 0 Å². The Morgan fingerprint density at radius 2 is 1.87 bits per heavy atom. The zero-order chi connectivity index (χ0) is 15.6. The zero-order valence-electron chi connectivity index (χ0n) is 13.5. The van der Waals surface area contributed by atoms with Crippen LogP contribution < -0.4 is 4.90 Å². The average molecular weight is 313 g/mol. The SMILES string of the molecule is Cc1cc(CN2CC(N3CCN(c4ncccn4)CC3)C2)n[nH]1. The van der Waals surface area contributed by atoms with Crippen LogP contribution in [0.15, 0.2) is 24.5 Å². The third-order valence-corrected chi connectivity index (χ3v) is 4.75. The summed E-state index contributed by atoms with van der Waals surface area (Å²) in [5.41, 5.74) is 2.28. The molecule has 2 fully saturated rings. The first-order valence-corrected chi connectivity index (χ1v) is 8.27. The first-order chi connectivity index (χ1) is 11.3. The fourth-order valence-electron chi connectivity index (χ4n) is 3.43. The van der Waals surface area contributed by atoms with Gasteiger partial charge in [0.2, 0.25) is 5.95 Å². The normalized spacial score (nSPS) is 20.7. The number of aromatic nitrogens is 4. The summed E-state index contributed by atoms with van der Waals surface area (Å²) in [6.07, 6.45) is 3.63. The van der Waals surface area contributed by atoms with E-state index in [1.807, 2.05) is 25.4 Å². The van der Waals surface area contributed by atoms with Gasteiger partial charge in [0, 0.05) is 69.9 Å². The van der Waals surface area contributed by atoms with Gasteiger partial charge in [-0.3, -0.25) is 14.9 Å². The number of aromatic amines is 1. The molecular weight excluding hydrogens is 290 g/mol. The summed E-state index contributed by atoms with van der Waals surface area (Å²) in [4.78, 5) is 16.0. The molecule has 0 unspecified atom stereocenters. The molecular formula is C16H23N7. The molecule has 2 aromatic rings. The first kappa shape index (κ1) is 14.6. The van der Waals surface area contributed by atoms with Gasteiger partial charge in [0.05, 0.1) is 5.69 Å². The number of nitrogens with zero attached hydrogens (tertiary/aromatic N) is 6. The van der Waals surface area contributed by atoms with Crippen LogP contribution in [-0.4, -0.2) is 75.3 Å². The van der Waals surface area contributed by atoms with Crippen molar-refractivity contribution < 1.29 is 0 Å². The van der Waals surface area contributed by atoms with Gasteiger partial charge in [-0.25, -0.2) is 9.97 Å². The highest BCUT2D eigenvalue weighted by molar-refractivity contribution is 5.29. The van der Waals surface area contributed by atoms with Crippen LogP contribution in [0.25, 0.3) is 0 Å². The number of piperazine rings is 1. The zero-order valence-corrected chi connectivity index (χ0v) is 13.5. The maximum atomic E-state index is 4.35. The van der Waals surface area contributed by atoms with E-state index in [1.54, 1.807) is 0 Å². The standard InChI is InChI=1S/C16H23N7/c1-13-9-14(20-19-13)10-21-11-15(12-21)22-5-7-23(8-6-22)16-17-3-2-4-18-16/h2-4,9,15H,5-8,10-12H2,1H3,(H,19,20). The van der Waals surface area contributed by atoms with Gasteiger partial charge in [-0.1, -0.05) is 0 Å². The number of likely N-dealkylation sites (tertiary alicyclic amines) is 1. The molecule has 4 rings (SSSR count). The minimum absolute atomic E-state index is 0.689. The summed E-state index contributed by atoms with van der Waals surface area (Å²) in [5.74, 6) is 0.858. The molecule has 0 aliphatic carbocycles. The molecule has 0 radical (unpaired) electrons. The molecule has 4 heterocycles. The lowest BCUT2D eigenvalue weighted by atomic mass is 10.1. The van der Waals surface area contributed by atoms with E-state index in [0.29, 0.717) is 6.04 Å². The van der Waals surface area contributed by atoms with Crippen LogP contribution in [0.1, 0.15) is 11.4 Å². The molecule has 0 amide bonds. The van der Waals surface area contributed by atoms with Crippen LogP contribution in [-0.2, 0) is 6.54 Å². The van der Waals surface area contributed by atoms with Crippen molar-refractivity contribution in [1.82, 2.24) is 30.0 Å². The van der Waals surface area contributed by atoms with Crippen molar-refractivity contribution in [3.63, 3.8) is 0 Å². The summed E-state index contributed by atoms with van der Waals surface area (Å²) < 4.78 is 0. The predicted octanol–water partition coefficient (Wildman–Crippen LogP) is 0.515. The van der Waals surface area contributed by atoms with Crippen molar-refractivity contribution in [2.75, 3.05) is 44.2 Å². The van der Waals surface area contributed by atoms with Crippen molar-refractivity contribution in [2.24, 2.45) is 0 Å². The maximum Gasteiger partial charge on any atom is 0.225 e. The van der Waals surface area contributed by atoms with Crippen molar-refractivity contribution in [2.45, 2.75) is 19.5 Å². The minimum atomic E-state index is 0.689. The third-order valence-electron chi connectivity index (χ3n) is 4.75. The van der Waals surface area contributed by atoms with Gasteiger partial charge in [-0.05, 0) is 19.1 Å². The highest BCUT2D eigenvalue weighted by atomic mass is 15.4. The average Bonchev–Trinajstić information content (AvgIpc) is 2.97. The molecule has 2 aromatic heterocycles. The monoisotopic (exact) mass is 313 g/mol. The Morgan fingerprint density at radius 3 is 2.52 bits per heavy atom. The van der Waals surface area contributed by atoms with Gasteiger partial charge in [0.15, 0.2) is 0 Å². The van der Waals surface area contributed by atoms with Crippen molar-refractivity contribution >= 4 is 5.95 Å². The van der Waals surface area contributed by atoms with Crippen LogP contribution >= 0.6 is 0 Å². The summed E-state index contributed by atoms with van der Waals surface area (Å²) in [6, 6.07) is 4.68. The molecule has 1 N–H and O–H groups in total. The van der Waals surface area contributed by atoms with Crippen molar-refractivity contribution in [3.05, 3.63) is 35.9 Å². The Labute approximate surface area is 136 Å². The summed E-state index contributed by atoms with van der Waals surface area (Å²) in [6.45, 7) is 9.51. The molecule has 7 heteroatoms. The van der Waals surface area contributed by atoms with E-state index >= 15 is 0 Å². The lowest BCUT2D eigenvalue weighted by molar-refractivity contribution is 0.0247. The van der Waals surface area contributed by atoms with E-state index < -0.39 is 0 Å². The molecule has 2 saturated heterocycles. The summed E-state index contributed by atoms with van der Waals surface area (Å²) in [7, 11) is 0. The second-order valence-corrected chi connectivity index (χ2v) is 6.46. The molecule has 2 aliphatic rings. The number of hydrogen-bond donors (Lipinski definition) is 1. The first-order valence-electron chi connectivity index (χ1n) is 8.27. The predicted molar refractivity (Wildman–Crippen MR) is 88.2 cm³/mol. The van der Waals surface area contributed by atoms with E-state index in [1.165, 1.54) is 0 Å². The number of hydrogen-bond acceptors (Lipinski definition) is 6. The molecule has 0 saturated carbocycles. The fourth-order valence-corrected chi connectivity index (χ4v) is 3.43. The largest absolute Gasteiger partial charge is 0.338 e. The van der Waals surface area contributed by atoms with Crippen molar-refractivity contribution in [1.29, 1.82) is 0 Å². The van der Waals surface area contributed by atoms with Crippen LogP contribution in [0, 0.1) is 6.92 Å². The Bertz CT molecular complexity index is 627. The number of H-pyrrole nitrogens is 1. The molecule has 0 bridgehead atoms. The maximum absolute atomic E-state index is 4.35. The number of anilines is 1. The Kier molecular flexibility index (Phi) is 3.97. The Hall–Kier alpha value is -1.99. The van der Waals surface area contributed by atoms with Gasteiger partial charge in [0.1, 0.15) is 0 Å². The van der Waals surface area contributed by atoms with Gasteiger partial charge >= 0.3 is 0 Å². The van der Waals surface area contributed by atoms with E-state index in [2.05, 4.69) is 40.9 Å². The number of nitrogens with one attached hydrogen (secondary N) is 1.